The molecular weight excluding hydrogens is 174 g/mol. The number of fused-ring (bicyclic) bond motifs is 1. The molecule has 0 bridgehead atoms. The van der Waals surface area contributed by atoms with Gasteiger partial charge in [0.25, 0.3) is 0 Å². The lowest BCUT2D eigenvalue weighted by Gasteiger charge is -2.04. The third-order valence-corrected chi connectivity index (χ3v) is 2.42. The van der Waals surface area contributed by atoms with Crippen molar-refractivity contribution in [1.29, 1.82) is 0 Å². The second-order valence-corrected chi connectivity index (χ2v) is 3.46. The highest BCUT2D eigenvalue weighted by Gasteiger charge is 2.08. The van der Waals surface area contributed by atoms with Gasteiger partial charge < -0.3 is 5.73 Å². The summed E-state index contributed by atoms with van der Waals surface area (Å²) in [5, 5.41) is 5.40. The molecular formula is C11H13N3. The van der Waals surface area contributed by atoms with Gasteiger partial charge in [-0.1, -0.05) is 12.7 Å². The number of nitrogens with two attached hydrogens (primary N) is 1. The number of hydrogen-bond acceptors (Lipinski definition) is 2. The normalized spacial score (nSPS) is 10.7. The van der Waals surface area contributed by atoms with Crippen molar-refractivity contribution in [3.05, 3.63) is 30.0 Å². The second-order valence-electron chi connectivity index (χ2n) is 3.46. The first kappa shape index (κ1) is 8.81. The predicted octanol–water partition coefficient (Wildman–Crippen LogP) is 2.11. The molecule has 0 amide bonds. The average molecular weight is 187 g/mol. The standard InChI is InChI=1S/C11H13N3/c1-4-8-9-6-14(3)13-10(9)5-7(2)11(8)12/h4-6H,1,12H2,2-3H3. The smallest absolute Gasteiger partial charge is 0.0933 e. The summed E-state index contributed by atoms with van der Waals surface area (Å²) in [4.78, 5) is 0. The Kier molecular flexibility index (Phi) is 1.81. The maximum absolute atomic E-state index is 5.96. The van der Waals surface area contributed by atoms with Gasteiger partial charge in [0.15, 0.2) is 0 Å². The van der Waals surface area contributed by atoms with Crippen molar-refractivity contribution in [2.24, 2.45) is 7.05 Å². The van der Waals surface area contributed by atoms with E-state index in [1.54, 1.807) is 10.8 Å². The molecule has 3 heteroatoms. The van der Waals surface area contributed by atoms with Crippen LogP contribution >= 0.6 is 0 Å². The first-order valence-corrected chi connectivity index (χ1v) is 4.48. The van der Waals surface area contributed by atoms with Gasteiger partial charge in [0.1, 0.15) is 0 Å². The van der Waals surface area contributed by atoms with Gasteiger partial charge in [0, 0.05) is 29.9 Å². The van der Waals surface area contributed by atoms with Crippen molar-refractivity contribution in [3.8, 4) is 0 Å². The zero-order valence-electron chi connectivity index (χ0n) is 8.41. The zero-order valence-corrected chi connectivity index (χ0v) is 8.41. The van der Waals surface area contributed by atoms with Gasteiger partial charge in [-0.15, -0.1) is 0 Å². The van der Waals surface area contributed by atoms with Crippen LogP contribution in [0.15, 0.2) is 18.8 Å². The van der Waals surface area contributed by atoms with Crippen molar-refractivity contribution in [3.63, 3.8) is 0 Å². The molecule has 1 aromatic heterocycles. The number of nitrogens with zero attached hydrogens (tertiary/aromatic N) is 2. The molecule has 0 unspecified atom stereocenters. The highest BCUT2D eigenvalue weighted by Crippen LogP contribution is 2.27. The molecule has 2 rings (SSSR count). The minimum Gasteiger partial charge on any atom is -0.398 e. The number of rotatable bonds is 1. The Morgan fingerprint density at radius 3 is 2.93 bits per heavy atom. The van der Waals surface area contributed by atoms with E-state index in [9.17, 15) is 0 Å². The van der Waals surface area contributed by atoms with Gasteiger partial charge >= 0.3 is 0 Å². The Balaban J connectivity index is 2.94. The van der Waals surface area contributed by atoms with Crippen molar-refractivity contribution < 1.29 is 0 Å². The molecule has 1 aromatic carbocycles. The van der Waals surface area contributed by atoms with Gasteiger partial charge in [-0.3, -0.25) is 4.68 Å². The quantitative estimate of drug-likeness (QED) is 0.695. The third-order valence-electron chi connectivity index (χ3n) is 2.42. The molecule has 0 spiro atoms. The molecule has 0 fully saturated rings. The summed E-state index contributed by atoms with van der Waals surface area (Å²) in [6, 6.07) is 2.00. The fourth-order valence-electron chi connectivity index (χ4n) is 1.68. The molecule has 14 heavy (non-hydrogen) atoms. The fourth-order valence-corrected chi connectivity index (χ4v) is 1.68. The van der Waals surface area contributed by atoms with Crippen LogP contribution in [0.1, 0.15) is 11.1 Å². The van der Waals surface area contributed by atoms with Crippen molar-refractivity contribution in [2.45, 2.75) is 6.92 Å². The number of aromatic nitrogens is 2. The minimum absolute atomic E-state index is 0.792. The Bertz CT molecular complexity index is 509. The van der Waals surface area contributed by atoms with Crippen LogP contribution in [-0.2, 0) is 7.05 Å². The molecule has 2 aromatic rings. The molecule has 0 aliphatic carbocycles. The lowest BCUT2D eigenvalue weighted by atomic mass is 10.0. The number of hydrogen-bond donors (Lipinski definition) is 1. The van der Waals surface area contributed by atoms with Crippen molar-refractivity contribution >= 4 is 22.7 Å². The van der Waals surface area contributed by atoms with E-state index >= 15 is 0 Å². The minimum atomic E-state index is 0.792. The average Bonchev–Trinajstić information content (AvgIpc) is 2.47. The first-order chi connectivity index (χ1) is 6.63. The lowest BCUT2D eigenvalue weighted by molar-refractivity contribution is 0.779. The Morgan fingerprint density at radius 2 is 2.29 bits per heavy atom. The molecule has 72 valence electrons. The summed E-state index contributed by atoms with van der Waals surface area (Å²) in [5.41, 5.74) is 9.75. The van der Waals surface area contributed by atoms with Crippen molar-refractivity contribution in [1.82, 2.24) is 9.78 Å². The van der Waals surface area contributed by atoms with E-state index in [1.807, 2.05) is 26.2 Å². The van der Waals surface area contributed by atoms with Gasteiger partial charge in [-0.2, -0.15) is 5.10 Å². The topological polar surface area (TPSA) is 43.8 Å². The third kappa shape index (κ3) is 1.09. The van der Waals surface area contributed by atoms with Crippen LogP contribution in [-0.4, -0.2) is 9.78 Å². The van der Waals surface area contributed by atoms with Crippen LogP contribution in [0.25, 0.3) is 17.0 Å². The lowest BCUT2D eigenvalue weighted by Crippen LogP contribution is -1.93. The number of nitrogen functional groups attached to an aromatic ring is 1. The van der Waals surface area contributed by atoms with Gasteiger partial charge in [-0.25, -0.2) is 0 Å². The SMILES string of the molecule is C=Cc1c(N)c(C)cc2nn(C)cc12. The Labute approximate surface area is 82.8 Å². The van der Waals surface area contributed by atoms with Gasteiger partial charge in [-0.05, 0) is 18.6 Å². The van der Waals surface area contributed by atoms with E-state index in [0.29, 0.717) is 0 Å². The van der Waals surface area contributed by atoms with Crippen LogP contribution in [0, 0.1) is 6.92 Å². The Hall–Kier alpha value is -1.77. The Morgan fingerprint density at radius 1 is 1.57 bits per heavy atom. The number of benzene rings is 1. The van der Waals surface area contributed by atoms with E-state index in [-0.39, 0.29) is 0 Å². The van der Waals surface area contributed by atoms with Crippen LogP contribution in [0.5, 0.6) is 0 Å². The summed E-state index contributed by atoms with van der Waals surface area (Å²) in [6.07, 6.45) is 3.74. The monoisotopic (exact) mass is 187 g/mol. The summed E-state index contributed by atoms with van der Waals surface area (Å²) in [7, 11) is 1.90. The maximum Gasteiger partial charge on any atom is 0.0933 e. The largest absolute Gasteiger partial charge is 0.398 e. The molecule has 0 atom stereocenters. The molecule has 0 aliphatic heterocycles. The summed E-state index contributed by atoms with van der Waals surface area (Å²) in [6.45, 7) is 5.76. The maximum atomic E-state index is 5.96. The van der Waals surface area contributed by atoms with E-state index in [4.69, 9.17) is 5.73 Å². The van der Waals surface area contributed by atoms with Crippen LogP contribution in [0.4, 0.5) is 5.69 Å². The van der Waals surface area contributed by atoms with Crippen LogP contribution < -0.4 is 5.73 Å². The molecule has 3 nitrogen and oxygen atoms in total. The zero-order chi connectivity index (χ0) is 10.3. The summed E-state index contributed by atoms with van der Waals surface area (Å²) in [5.74, 6) is 0. The molecule has 0 saturated carbocycles. The molecule has 0 radical (unpaired) electrons. The highest BCUT2D eigenvalue weighted by molar-refractivity contribution is 5.94. The van der Waals surface area contributed by atoms with E-state index in [0.717, 1.165) is 27.7 Å². The van der Waals surface area contributed by atoms with Crippen LogP contribution in [0.3, 0.4) is 0 Å². The van der Waals surface area contributed by atoms with Gasteiger partial charge in [0.05, 0.1) is 5.52 Å². The van der Waals surface area contributed by atoms with E-state index in [1.165, 1.54) is 0 Å². The molecule has 0 saturated heterocycles. The van der Waals surface area contributed by atoms with Crippen LogP contribution in [0.2, 0.25) is 0 Å². The van der Waals surface area contributed by atoms with E-state index in [2.05, 4.69) is 11.7 Å². The summed E-state index contributed by atoms with van der Waals surface area (Å²) >= 11 is 0. The molecule has 2 N–H and O–H groups in total. The van der Waals surface area contributed by atoms with Crippen molar-refractivity contribution in [2.75, 3.05) is 5.73 Å². The summed E-state index contributed by atoms with van der Waals surface area (Å²) < 4.78 is 1.79. The van der Waals surface area contributed by atoms with E-state index < -0.39 is 0 Å². The second kappa shape index (κ2) is 2.87. The molecule has 0 aliphatic rings. The number of anilines is 1. The predicted molar refractivity (Wildman–Crippen MR) is 60.0 cm³/mol. The van der Waals surface area contributed by atoms with Gasteiger partial charge in [0.2, 0.25) is 0 Å². The number of aryl methyl sites for hydroxylation is 2. The highest BCUT2D eigenvalue weighted by atomic mass is 15.2. The molecule has 1 heterocycles. The fraction of sp³-hybridized carbons (Fsp3) is 0.182. The first-order valence-electron chi connectivity index (χ1n) is 4.48.